The lowest BCUT2D eigenvalue weighted by Gasteiger charge is -2.34. The number of amides is 1. The van der Waals surface area contributed by atoms with Crippen molar-refractivity contribution >= 4 is 15.9 Å². The van der Waals surface area contributed by atoms with E-state index in [9.17, 15) is 13.2 Å². The smallest absolute Gasteiger partial charge is 0.238 e. The number of carbonyl (C=O) groups excluding carboxylic acids is 1. The second kappa shape index (κ2) is 5.05. The van der Waals surface area contributed by atoms with Crippen molar-refractivity contribution in [2.24, 2.45) is 5.92 Å². The summed E-state index contributed by atoms with van der Waals surface area (Å²) in [6.07, 6.45) is 6.51. The van der Waals surface area contributed by atoms with Crippen molar-refractivity contribution in [3.8, 4) is 0 Å². The van der Waals surface area contributed by atoms with Gasteiger partial charge in [0.05, 0.1) is 12.3 Å². The van der Waals surface area contributed by atoms with Crippen LogP contribution in [-0.4, -0.2) is 55.0 Å². The van der Waals surface area contributed by atoms with Crippen molar-refractivity contribution < 1.29 is 13.2 Å². The van der Waals surface area contributed by atoms with Gasteiger partial charge in [0.1, 0.15) is 0 Å². The normalized spacial score (nSPS) is 26.5. The SMILES string of the molecule is O=C1CN(S(=O)(=O)CCC2CCC2)CCN1C1CC1. The summed E-state index contributed by atoms with van der Waals surface area (Å²) in [5.74, 6) is 0.799. The standard InChI is InChI=1S/C13H22N2O3S/c16-13-10-14(7-8-15(13)12-4-5-12)19(17,18)9-6-11-2-1-3-11/h11-12H,1-10H2. The van der Waals surface area contributed by atoms with E-state index in [1.54, 1.807) is 0 Å². The molecule has 3 rings (SSSR count). The van der Waals surface area contributed by atoms with Crippen molar-refractivity contribution in [1.29, 1.82) is 0 Å². The first-order valence-corrected chi connectivity index (χ1v) is 8.94. The maximum absolute atomic E-state index is 12.2. The molecule has 0 aromatic rings. The van der Waals surface area contributed by atoms with Crippen LogP contribution in [0, 0.1) is 5.92 Å². The molecule has 3 aliphatic rings. The number of hydrogen-bond donors (Lipinski definition) is 0. The van der Waals surface area contributed by atoms with E-state index in [1.807, 2.05) is 4.90 Å². The summed E-state index contributed by atoms with van der Waals surface area (Å²) in [6, 6.07) is 0.396. The van der Waals surface area contributed by atoms with Gasteiger partial charge in [0.15, 0.2) is 0 Å². The number of hydrogen-bond acceptors (Lipinski definition) is 3. The molecule has 1 saturated heterocycles. The van der Waals surface area contributed by atoms with Crippen LogP contribution in [-0.2, 0) is 14.8 Å². The Morgan fingerprint density at radius 1 is 1.11 bits per heavy atom. The highest BCUT2D eigenvalue weighted by Gasteiger charge is 2.38. The van der Waals surface area contributed by atoms with Crippen LogP contribution in [0.25, 0.3) is 0 Å². The fourth-order valence-corrected chi connectivity index (χ4v) is 4.46. The Labute approximate surface area is 115 Å². The molecule has 1 aliphatic heterocycles. The van der Waals surface area contributed by atoms with Gasteiger partial charge in [-0.3, -0.25) is 4.79 Å². The minimum absolute atomic E-state index is 0.0130. The Morgan fingerprint density at radius 3 is 2.37 bits per heavy atom. The van der Waals surface area contributed by atoms with Gasteiger partial charge in [0.25, 0.3) is 0 Å². The van der Waals surface area contributed by atoms with Crippen LogP contribution in [0.4, 0.5) is 0 Å². The van der Waals surface area contributed by atoms with Crippen molar-refractivity contribution in [2.45, 2.75) is 44.6 Å². The molecule has 6 heteroatoms. The van der Waals surface area contributed by atoms with Crippen molar-refractivity contribution in [3.63, 3.8) is 0 Å². The average Bonchev–Trinajstić information content (AvgIpc) is 3.10. The highest BCUT2D eigenvalue weighted by Crippen LogP contribution is 2.31. The summed E-state index contributed by atoms with van der Waals surface area (Å²) in [4.78, 5) is 13.8. The van der Waals surface area contributed by atoms with E-state index < -0.39 is 10.0 Å². The quantitative estimate of drug-likeness (QED) is 0.751. The monoisotopic (exact) mass is 286 g/mol. The summed E-state index contributed by atoms with van der Waals surface area (Å²) in [5.41, 5.74) is 0. The molecule has 0 radical (unpaired) electrons. The molecule has 2 aliphatic carbocycles. The highest BCUT2D eigenvalue weighted by atomic mass is 32.2. The van der Waals surface area contributed by atoms with E-state index in [0.29, 0.717) is 25.0 Å². The molecule has 0 spiro atoms. The topological polar surface area (TPSA) is 57.7 Å². The van der Waals surface area contributed by atoms with Gasteiger partial charge in [-0.25, -0.2) is 8.42 Å². The summed E-state index contributed by atoms with van der Waals surface area (Å²) >= 11 is 0. The van der Waals surface area contributed by atoms with Crippen LogP contribution >= 0.6 is 0 Å². The summed E-state index contributed by atoms with van der Waals surface area (Å²) < 4.78 is 25.8. The fourth-order valence-electron chi connectivity index (χ4n) is 2.90. The van der Waals surface area contributed by atoms with E-state index in [2.05, 4.69) is 0 Å². The number of sulfonamides is 1. The average molecular weight is 286 g/mol. The minimum Gasteiger partial charge on any atom is -0.337 e. The molecule has 3 fully saturated rings. The van der Waals surface area contributed by atoms with Crippen LogP contribution in [0.3, 0.4) is 0 Å². The first-order valence-electron chi connectivity index (χ1n) is 7.33. The van der Waals surface area contributed by atoms with Gasteiger partial charge in [0, 0.05) is 19.1 Å². The van der Waals surface area contributed by atoms with Crippen molar-refractivity contribution in [3.05, 3.63) is 0 Å². The predicted octanol–water partition coefficient (Wildman–Crippen LogP) is 0.813. The van der Waals surface area contributed by atoms with Crippen LogP contribution < -0.4 is 0 Å². The zero-order valence-corrected chi connectivity index (χ0v) is 12.1. The molecule has 0 atom stereocenters. The molecule has 1 heterocycles. The fraction of sp³-hybridized carbons (Fsp3) is 0.923. The van der Waals surface area contributed by atoms with Gasteiger partial charge < -0.3 is 4.90 Å². The number of nitrogens with zero attached hydrogens (tertiary/aromatic N) is 2. The van der Waals surface area contributed by atoms with Gasteiger partial charge in [-0.15, -0.1) is 0 Å². The first kappa shape index (κ1) is 13.4. The molecular formula is C13H22N2O3S. The predicted molar refractivity (Wildman–Crippen MR) is 72.1 cm³/mol. The zero-order valence-electron chi connectivity index (χ0n) is 11.3. The third kappa shape index (κ3) is 2.94. The maximum Gasteiger partial charge on any atom is 0.238 e. The summed E-state index contributed by atoms with van der Waals surface area (Å²) in [7, 11) is -3.23. The number of rotatable bonds is 5. The zero-order chi connectivity index (χ0) is 13.5. The molecule has 0 aromatic heterocycles. The van der Waals surface area contributed by atoms with Crippen LogP contribution in [0.1, 0.15) is 38.5 Å². The molecule has 108 valence electrons. The van der Waals surface area contributed by atoms with E-state index in [-0.39, 0.29) is 18.2 Å². The van der Waals surface area contributed by atoms with Crippen LogP contribution in [0.15, 0.2) is 0 Å². The van der Waals surface area contributed by atoms with Crippen molar-refractivity contribution in [1.82, 2.24) is 9.21 Å². The Hall–Kier alpha value is -0.620. The van der Waals surface area contributed by atoms with E-state index in [1.165, 1.54) is 23.6 Å². The molecular weight excluding hydrogens is 264 g/mol. The Kier molecular flexibility index (Phi) is 3.55. The molecule has 19 heavy (non-hydrogen) atoms. The lowest BCUT2D eigenvalue weighted by molar-refractivity contribution is -0.134. The van der Waals surface area contributed by atoms with Gasteiger partial charge in [0.2, 0.25) is 15.9 Å². The van der Waals surface area contributed by atoms with Gasteiger partial charge in [-0.2, -0.15) is 4.31 Å². The van der Waals surface area contributed by atoms with Gasteiger partial charge in [-0.1, -0.05) is 19.3 Å². The molecule has 2 saturated carbocycles. The van der Waals surface area contributed by atoms with E-state index in [0.717, 1.165) is 19.3 Å². The van der Waals surface area contributed by atoms with E-state index in [4.69, 9.17) is 0 Å². The molecule has 0 unspecified atom stereocenters. The molecule has 5 nitrogen and oxygen atoms in total. The molecule has 0 bridgehead atoms. The Morgan fingerprint density at radius 2 is 1.84 bits per heavy atom. The molecule has 0 N–H and O–H groups in total. The van der Waals surface area contributed by atoms with Crippen molar-refractivity contribution in [2.75, 3.05) is 25.4 Å². The summed E-state index contributed by atoms with van der Waals surface area (Å²) in [6.45, 7) is 1.12. The second-order valence-electron chi connectivity index (χ2n) is 6.05. The maximum atomic E-state index is 12.2. The van der Waals surface area contributed by atoms with Gasteiger partial charge in [-0.05, 0) is 25.2 Å². The first-order chi connectivity index (χ1) is 9.06. The minimum atomic E-state index is -3.23. The lowest BCUT2D eigenvalue weighted by atomic mass is 9.84. The molecule has 1 amide bonds. The number of piperazine rings is 1. The Bertz CT molecular complexity index is 455. The van der Waals surface area contributed by atoms with E-state index >= 15 is 0 Å². The largest absolute Gasteiger partial charge is 0.337 e. The van der Waals surface area contributed by atoms with Crippen LogP contribution in [0.2, 0.25) is 0 Å². The van der Waals surface area contributed by atoms with Crippen LogP contribution in [0.5, 0.6) is 0 Å². The summed E-state index contributed by atoms with van der Waals surface area (Å²) in [5, 5.41) is 0. The third-order valence-electron chi connectivity index (χ3n) is 4.61. The Balaban J connectivity index is 1.54. The lowest BCUT2D eigenvalue weighted by Crippen LogP contribution is -2.53. The van der Waals surface area contributed by atoms with Gasteiger partial charge >= 0.3 is 0 Å². The molecule has 0 aromatic carbocycles. The second-order valence-corrected chi connectivity index (χ2v) is 8.14. The number of carbonyl (C=O) groups is 1. The highest BCUT2D eigenvalue weighted by molar-refractivity contribution is 7.89. The third-order valence-corrected chi connectivity index (χ3v) is 6.46.